The highest BCUT2D eigenvalue weighted by Gasteiger charge is 2.45. The Kier molecular flexibility index (Phi) is 3.89. The summed E-state index contributed by atoms with van der Waals surface area (Å²) in [6, 6.07) is 9.72. The van der Waals surface area contributed by atoms with E-state index < -0.39 is 18.2 Å². The van der Waals surface area contributed by atoms with Crippen molar-refractivity contribution in [3.05, 3.63) is 58.4 Å². The number of nitrogens with zero attached hydrogens (tertiary/aromatic N) is 1. The molecule has 1 aromatic carbocycles. The summed E-state index contributed by atoms with van der Waals surface area (Å²) in [4.78, 5) is 12.1. The van der Waals surface area contributed by atoms with Crippen LogP contribution in [0.25, 0.3) is 10.9 Å². The predicted molar refractivity (Wildman–Crippen MR) is 81.4 cm³/mol. The minimum atomic E-state index is -4.70. The number of esters is 1. The monoisotopic (exact) mass is 339 g/mol. The largest absolute Gasteiger partial charge is 0.443 e. The molecule has 2 heterocycles. The molecule has 0 bridgehead atoms. The number of thiophene rings is 1. The molecule has 120 valence electrons. The van der Waals surface area contributed by atoms with Crippen molar-refractivity contribution in [2.24, 2.45) is 7.05 Å². The highest BCUT2D eigenvalue weighted by molar-refractivity contribution is 7.11. The fourth-order valence-corrected chi connectivity index (χ4v) is 3.05. The lowest BCUT2D eigenvalue weighted by atomic mass is 10.1. The molecule has 3 aromatic rings. The molecule has 0 unspecified atom stereocenters. The van der Waals surface area contributed by atoms with Crippen LogP contribution in [-0.4, -0.2) is 16.7 Å². The third-order valence-corrected chi connectivity index (χ3v) is 4.30. The molecule has 0 spiro atoms. The van der Waals surface area contributed by atoms with Gasteiger partial charge in [-0.05, 0) is 17.5 Å². The molecule has 0 amide bonds. The van der Waals surface area contributed by atoms with Gasteiger partial charge in [0.05, 0.1) is 0 Å². The van der Waals surface area contributed by atoms with E-state index in [2.05, 4.69) is 0 Å². The first-order chi connectivity index (χ1) is 10.9. The number of halogens is 3. The van der Waals surface area contributed by atoms with Crippen molar-refractivity contribution < 1.29 is 22.7 Å². The molecule has 23 heavy (non-hydrogen) atoms. The Hall–Kier alpha value is -2.28. The number of carbonyl (C=O) groups is 1. The summed E-state index contributed by atoms with van der Waals surface area (Å²) in [5, 5.41) is 2.02. The highest BCUT2D eigenvalue weighted by atomic mass is 32.1. The van der Waals surface area contributed by atoms with Gasteiger partial charge >= 0.3 is 12.1 Å². The van der Waals surface area contributed by atoms with Crippen LogP contribution >= 0.6 is 11.3 Å². The summed E-state index contributed by atoms with van der Waals surface area (Å²) >= 11 is 1.04. The fourth-order valence-electron chi connectivity index (χ4n) is 2.45. The van der Waals surface area contributed by atoms with E-state index in [0.29, 0.717) is 10.9 Å². The molecule has 0 aliphatic rings. The second-order valence-electron chi connectivity index (χ2n) is 5.02. The number of fused-ring (bicyclic) bond motifs is 1. The first kappa shape index (κ1) is 15.6. The van der Waals surface area contributed by atoms with Gasteiger partial charge in [0.15, 0.2) is 0 Å². The second kappa shape index (κ2) is 5.73. The Bertz CT molecular complexity index is 837. The number of rotatable bonds is 3. The van der Waals surface area contributed by atoms with Gasteiger partial charge in [-0.25, -0.2) is 4.79 Å². The molecule has 0 radical (unpaired) electrons. The first-order valence-electron chi connectivity index (χ1n) is 6.73. The van der Waals surface area contributed by atoms with Crippen LogP contribution in [0.1, 0.15) is 21.3 Å². The van der Waals surface area contributed by atoms with E-state index in [0.717, 1.165) is 11.3 Å². The van der Waals surface area contributed by atoms with Gasteiger partial charge < -0.3 is 9.30 Å². The number of aromatic nitrogens is 1. The smallest absolute Gasteiger partial charge is 0.429 e. The molecule has 0 saturated carbocycles. The van der Waals surface area contributed by atoms with Crippen molar-refractivity contribution in [1.29, 1.82) is 0 Å². The van der Waals surface area contributed by atoms with Crippen LogP contribution < -0.4 is 0 Å². The van der Waals surface area contributed by atoms with Gasteiger partial charge in [0.2, 0.25) is 6.10 Å². The highest BCUT2D eigenvalue weighted by Crippen LogP contribution is 2.40. The molecule has 3 nitrogen and oxygen atoms in total. The Morgan fingerprint density at radius 2 is 1.96 bits per heavy atom. The number of hydrogen-bond donors (Lipinski definition) is 0. The van der Waals surface area contributed by atoms with E-state index in [1.165, 1.54) is 12.3 Å². The lowest BCUT2D eigenvalue weighted by Crippen LogP contribution is -2.26. The number of ether oxygens (including phenoxy) is 1. The van der Waals surface area contributed by atoms with E-state index in [9.17, 15) is 18.0 Å². The van der Waals surface area contributed by atoms with Crippen molar-refractivity contribution in [2.45, 2.75) is 12.3 Å². The van der Waals surface area contributed by atoms with Gasteiger partial charge in [0, 0.05) is 29.7 Å². The number of para-hydroxylation sites is 1. The molecule has 7 heteroatoms. The summed E-state index contributed by atoms with van der Waals surface area (Å²) in [6.07, 6.45) is -5.65. The van der Waals surface area contributed by atoms with E-state index >= 15 is 0 Å². The second-order valence-corrected chi connectivity index (χ2v) is 5.96. The molecule has 0 fully saturated rings. The van der Waals surface area contributed by atoms with E-state index in [4.69, 9.17) is 4.74 Å². The average molecular weight is 339 g/mol. The minimum absolute atomic E-state index is 0.0690. The van der Waals surface area contributed by atoms with Crippen molar-refractivity contribution in [2.75, 3.05) is 0 Å². The molecular weight excluding hydrogens is 327 g/mol. The Balaban J connectivity index is 2.04. The van der Waals surface area contributed by atoms with Gasteiger partial charge in [-0.15, -0.1) is 11.3 Å². The quantitative estimate of drug-likeness (QED) is 0.648. The van der Waals surface area contributed by atoms with Gasteiger partial charge in [-0.2, -0.15) is 13.2 Å². The van der Waals surface area contributed by atoms with Crippen molar-refractivity contribution in [3.63, 3.8) is 0 Å². The number of carbonyl (C=O) groups excluding carboxylic acids is 1. The number of benzene rings is 1. The van der Waals surface area contributed by atoms with Crippen LogP contribution in [0, 0.1) is 0 Å². The van der Waals surface area contributed by atoms with E-state index in [1.807, 2.05) is 0 Å². The van der Waals surface area contributed by atoms with Crippen molar-refractivity contribution in [1.82, 2.24) is 4.57 Å². The van der Waals surface area contributed by atoms with Crippen LogP contribution in [0.2, 0.25) is 0 Å². The van der Waals surface area contributed by atoms with E-state index in [1.54, 1.807) is 47.3 Å². The number of aryl methyl sites for hydroxylation is 1. The molecule has 0 aliphatic carbocycles. The fraction of sp³-hybridized carbons (Fsp3) is 0.188. The van der Waals surface area contributed by atoms with Crippen LogP contribution in [0.3, 0.4) is 0 Å². The van der Waals surface area contributed by atoms with Gasteiger partial charge in [0.1, 0.15) is 4.88 Å². The van der Waals surface area contributed by atoms with Crippen LogP contribution in [-0.2, 0) is 11.8 Å². The lowest BCUT2D eigenvalue weighted by Gasteiger charge is -2.20. The zero-order valence-electron chi connectivity index (χ0n) is 12.0. The normalized spacial score (nSPS) is 13.2. The molecular formula is C16H12F3NO2S. The maximum Gasteiger partial charge on any atom is 0.429 e. The van der Waals surface area contributed by atoms with Crippen molar-refractivity contribution >= 4 is 28.2 Å². The van der Waals surface area contributed by atoms with Gasteiger partial charge in [-0.3, -0.25) is 0 Å². The molecule has 2 aromatic heterocycles. The maximum atomic E-state index is 13.5. The molecule has 0 N–H and O–H groups in total. The average Bonchev–Trinajstić information content (AvgIpc) is 3.13. The topological polar surface area (TPSA) is 31.2 Å². The van der Waals surface area contributed by atoms with E-state index in [-0.39, 0.29) is 10.4 Å². The number of hydrogen-bond acceptors (Lipinski definition) is 3. The minimum Gasteiger partial charge on any atom is -0.443 e. The number of alkyl halides is 3. The standard InChI is InChI=1S/C16H12F3NO2S/c1-20-9-11(10-5-2-3-6-12(10)20)14(16(17,18)19)22-15(21)13-7-4-8-23-13/h2-9,14H,1H3/t14-/m0/s1. The lowest BCUT2D eigenvalue weighted by molar-refractivity contribution is -0.207. The molecule has 3 rings (SSSR count). The third-order valence-electron chi connectivity index (χ3n) is 3.45. The SMILES string of the molecule is Cn1cc([C@H](OC(=O)c2cccs2)C(F)(F)F)c2ccccc21. The van der Waals surface area contributed by atoms with Crippen LogP contribution in [0.4, 0.5) is 13.2 Å². The predicted octanol–water partition coefficient (Wildman–Crippen LogP) is 4.70. The zero-order valence-corrected chi connectivity index (χ0v) is 12.8. The van der Waals surface area contributed by atoms with Crippen LogP contribution in [0.15, 0.2) is 48.0 Å². The molecule has 1 atom stereocenters. The molecule has 0 saturated heterocycles. The van der Waals surface area contributed by atoms with Crippen molar-refractivity contribution in [3.8, 4) is 0 Å². The summed E-state index contributed by atoms with van der Waals surface area (Å²) < 4.78 is 46.8. The van der Waals surface area contributed by atoms with Gasteiger partial charge in [-0.1, -0.05) is 24.3 Å². The molecule has 0 aliphatic heterocycles. The summed E-state index contributed by atoms with van der Waals surface area (Å²) in [5.41, 5.74) is 0.574. The summed E-state index contributed by atoms with van der Waals surface area (Å²) in [6.45, 7) is 0. The Morgan fingerprint density at radius 1 is 1.22 bits per heavy atom. The maximum absolute atomic E-state index is 13.5. The summed E-state index contributed by atoms with van der Waals surface area (Å²) in [5.74, 6) is -0.977. The Labute approximate surface area is 133 Å². The third kappa shape index (κ3) is 2.96. The van der Waals surface area contributed by atoms with Gasteiger partial charge in [0.25, 0.3) is 0 Å². The summed E-state index contributed by atoms with van der Waals surface area (Å²) in [7, 11) is 1.65. The zero-order chi connectivity index (χ0) is 16.6. The Morgan fingerprint density at radius 3 is 2.61 bits per heavy atom. The van der Waals surface area contributed by atoms with Crippen LogP contribution in [0.5, 0.6) is 0 Å². The first-order valence-corrected chi connectivity index (χ1v) is 7.61.